The summed E-state index contributed by atoms with van der Waals surface area (Å²) < 4.78 is 0. The Hall–Kier alpha value is -4.40. The number of aliphatic hydroxyl groups excluding tert-OH is 2. The highest BCUT2D eigenvalue weighted by Gasteiger charge is 2.11. The Morgan fingerprint density at radius 3 is 1.19 bits per heavy atom. The van der Waals surface area contributed by atoms with Crippen LogP contribution in [0.2, 0.25) is 0 Å². The van der Waals surface area contributed by atoms with Gasteiger partial charge in [-0.15, -0.1) is 20.4 Å². The largest absolute Gasteiger partial charge is 0.396 e. The van der Waals surface area contributed by atoms with Crippen LogP contribution in [0.4, 0.5) is 0 Å². The van der Waals surface area contributed by atoms with Crippen LogP contribution in [0.1, 0.15) is 22.3 Å². The molecule has 8 nitrogen and oxygen atoms in total. The van der Waals surface area contributed by atoms with Crippen molar-refractivity contribution < 1.29 is 10.2 Å². The SMILES string of the molecule is OCCc1cc(Cc2cc(CCO)cc(-n3nc4ccccc4n3)c2)cc(-n2nc3ccccc3n2)c1. The number of fused-ring (bicyclic) bond motifs is 2. The Bertz CT molecular complexity index is 1510. The maximum absolute atomic E-state index is 9.62. The number of hydrogen-bond donors (Lipinski definition) is 2. The van der Waals surface area contributed by atoms with Crippen LogP contribution in [0.25, 0.3) is 33.4 Å². The quantitative estimate of drug-likeness (QED) is 0.336. The molecule has 37 heavy (non-hydrogen) atoms. The van der Waals surface area contributed by atoms with Gasteiger partial charge >= 0.3 is 0 Å². The van der Waals surface area contributed by atoms with Crippen LogP contribution in [0.3, 0.4) is 0 Å². The molecule has 0 spiro atoms. The Kier molecular flexibility index (Phi) is 6.18. The average Bonchev–Trinajstić information content (AvgIpc) is 3.53. The van der Waals surface area contributed by atoms with Gasteiger partial charge in [0.1, 0.15) is 22.1 Å². The van der Waals surface area contributed by atoms with Gasteiger partial charge in [0.15, 0.2) is 0 Å². The number of aliphatic hydroxyl groups is 2. The van der Waals surface area contributed by atoms with E-state index in [9.17, 15) is 10.2 Å². The first kappa shape index (κ1) is 23.0. The molecule has 184 valence electrons. The second-order valence-electron chi connectivity index (χ2n) is 9.10. The van der Waals surface area contributed by atoms with E-state index in [4.69, 9.17) is 0 Å². The molecule has 0 atom stereocenters. The molecule has 0 aliphatic heterocycles. The van der Waals surface area contributed by atoms with E-state index >= 15 is 0 Å². The summed E-state index contributed by atoms with van der Waals surface area (Å²) in [5.41, 5.74) is 9.21. The van der Waals surface area contributed by atoms with Crippen molar-refractivity contribution in [3.63, 3.8) is 0 Å². The molecule has 8 heteroatoms. The van der Waals surface area contributed by atoms with Gasteiger partial charge in [-0.1, -0.05) is 36.4 Å². The summed E-state index contributed by atoms with van der Waals surface area (Å²) in [6, 6.07) is 28.0. The molecular weight excluding hydrogens is 464 g/mol. The van der Waals surface area contributed by atoms with Crippen LogP contribution in [0.15, 0.2) is 84.9 Å². The predicted octanol–water partition coefficient (Wildman–Crippen LogP) is 3.81. The van der Waals surface area contributed by atoms with E-state index in [2.05, 4.69) is 44.7 Å². The third kappa shape index (κ3) is 4.84. The maximum Gasteiger partial charge on any atom is 0.113 e. The van der Waals surface area contributed by atoms with Gasteiger partial charge in [-0.05, 0) is 90.0 Å². The first-order valence-corrected chi connectivity index (χ1v) is 12.3. The van der Waals surface area contributed by atoms with Crippen molar-refractivity contribution in [3.8, 4) is 11.4 Å². The molecule has 0 aliphatic carbocycles. The van der Waals surface area contributed by atoms with E-state index in [0.29, 0.717) is 19.3 Å². The van der Waals surface area contributed by atoms with Crippen LogP contribution >= 0.6 is 0 Å². The molecule has 0 saturated heterocycles. The summed E-state index contributed by atoms with van der Waals surface area (Å²) in [6.45, 7) is 0.123. The highest BCUT2D eigenvalue weighted by Crippen LogP contribution is 2.22. The number of aromatic nitrogens is 6. The van der Waals surface area contributed by atoms with Crippen molar-refractivity contribution in [2.45, 2.75) is 19.3 Å². The molecule has 0 aliphatic rings. The first-order valence-electron chi connectivity index (χ1n) is 12.3. The van der Waals surface area contributed by atoms with Crippen molar-refractivity contribution in [1.29, 1.82) is 0 Å². The fourth-order valence-corrected chi connectivity index (χ4v) is 4.65. The van der Waals surface area contributed by atoms with E-state index in [1.54, 1.807) is 9.59 Å². The molecule has 2 aromatic heterocycles. The minimum Gasteiger partial charge on any atom is -0.396 e. The van der Waals surface area contributed by atoms with E-state index in [-0.39, 0.29) is 13.2 Å². The summed E-state index contributed by atoms with van der Waals surface area (Å²) in [4.78, 5) is 3.31. The Labute approximate surface area is 213 Å². The lowest BCUT2D eigenvalue weighted by molar-refractivity contribution is 0.299. The van der Waals surface area contributed by atoms with E-state index in [1.165, 1.54) is 0 Å². The zero-order valence-electron chi connectivity index (χ0n) is 20.2. The molecule has 0 saturated carbocycles. The summed E-state index contributed by atoms with van der Waals surface area (Å²) >= 11 is 0. The highest BCUT2D eigenvalue weighted by molar-refractivity contribution is 5.74. The smallest absolute Gasteiger partial charge is 0.113 e. The maximum atomic E-state index is 9.62. The van der Waals surface area contributed by atoms with Crippen LogP contribution in [-0.4, -0.2) is 53.4 Å². The number of benzene rings is 4. The fraction of sp³-hybridized carbons (Fsp3) is 0.172. The van der Waals surface area contributed by atoms with Crippen molar-refractivity contribution >= 4 is 22.1 Å². The summed E-state index contributed by atoms with van der Waals surface area (Å²) in [6.07, 6.45) is 1.74. The third-order valence-electron chi connectivity index (χ3n) is 6.32. The van der Waals surface area contributed by atoms with Gasteiger partial charge < -0.3 is 10.2 Å². The van der Waals surface area contributed by atoms with Gasteiger partial charge in [-0.25, -0.2) is 0 Å². The lowest BCUT2D eigenvalue weighted by atomic mass is 9.98. The summed E-state index contributed by atoms with van der Waals surface area (Å²) in [5, 5.41) is 37.8. The Morgan fingerprint density at radius 2 is 0.838 bits per heavy atom. The van der Waals surface area contributed by atoms with Gasteiger partial charge in [0.2, 0.25) is 0 Å². The molecule has 6 rings (SSSR count). The molecule has 0 radical (unpaired) electrons. The van der Waals surface area contributed by atoms with Crippen molar-refractivity contribution in [2.24, 2.45) is 0 Å². The molecule has 6 aromatic rings. The second-order valence-corrected chi connectivity index (χ2v) is 9.10. The number of nitrogens with zero attached hydrogens (tertiary/aromatic N) is 6. The zero-order chi connectivity index (χ0) is 25.2. The molecular formula is C29H26N6O2. The van der Waals surface area contributed by atoms with Gasteiger partial charge in [-0.3, -0.25) is 0 Å². The average molecular weight is 491 g/mol. The first-order chi connectivity index (χ1) is 18.2. The number of rotatable bonds is 8. The van der Waals surface area contributed by atoms with E-state index in [1.807, 2.05) is 60.7 Å². The Morgan fingerprint density at radius 1 is 0.486 bits per heavy atom. The zero-order valence-corrected chi connectivity index (χ0v) is 20.2. The topological polar surface area (TPSA) is 102 Å². The molecule has 0 unspecified atom stereocenters. The monoisotopic (exact) mass is 490 g/mol. The van der Waals surface area contributed by atoms with Gasteiger partial charge in [0.05, 0.1) is 11.4 Å². The van der Waals surface area contributed by atoms with Crippen molar-refractivity contribution in [2.75, 3.05) is 13.2 Å². The predicted molar refractivity (Wildman–Crippen MR) is 142 cm³/mol. The van der Waals surface area contributed by atoms with Crippen LogP contribution in [-0.2, 0) is 19.3 Å². The standard InChI is InChI=1S/C29H26N6O2/c36-11-9-20-13-22(18-24(16-20)34-30-26-5-1-2-6-27(26)31-34)15-23-14-21(10-12-37)17-25(19-23)35-32-28-7-3-4-8-29(28)33-35/h1-8,13-14,16-19,36-37H,9-12,15H2. The Balaban J connectivity index is 1.39. The highest BCUT2D eigenvalue weighted by atomic mass is 16.3. The fourth-order valence-electron chi connectivity index (χ4n) is 4.65. The van der Waals surface area contributed by atoms with E-state index in [0.717, 1.165) is 55.7 Å². The normalized spacial score (nSPS) is 11.5. The summed E-state index contributed by atoms with van der Waals surface area (Å²) in [7, 11) is 0. The molecule has 2 heterocycles. The third-order valence-corrected chi connectivity index (χ3v) is 6.32. The lowest BCUT2D eigenvalue weighted by Gasteiger charge is -2.12. The number of hydrogen-bond acceptors (Lipinski definition) is 6. The van der Waals surface area contributed by atoms with Gasteiger partial charge in [0, 0.05) is 13.2 Å². The van der Waals surface area contributed by atoms with Crippen LogP contribution in [0, 0.1) is 0 Å². The van der Waals surface area contributed by atoms with Crippen molar-refractivity contribution in [1.82, 2.24) is 30.0 Å². The van der Waals surface area contributed by atoms with Gasteiger partial charge in [0.25, 0.3) is 0 Å². The molecule has 0 fully saturated rings. The molecule has 0 bridgehead atoms. The lowest BCUT2D eigenvalue weighted by Crippen LogP contribution is -2.05. The minimum absolute atomic E-state index is 0.0616. The van der Waals surface area contributed by atoms with Crippen LogP contribution in [0.5, 0.6) is 0 Å². The minimum atomic E-state index is 0.0616. The van der Waals surface area contributed by atoms with Gasteiger partial charge in [-0.2, -0.15) is 9.59 Å². The van der Waals surface area contributed by atoms with E-state index < -0.39 is 0 Å². The molecule has 2 N–H and O–H groups in total. The molecule has 4 aromatic carbocycles. The second kappa shape index (κ2) is 9.93. The summed E-state index contributed by atoms with van der Waals surface area (Å²) in [5.74, 6) is 0. The van der Waals surface area contributed by atoms with Crippen molar-refractivity contribution in [3.05, 3.63) is 107 Å². The molecule has 0 amide bonds. The van der Waals surface area contributed by atoms with Crippen LogP contribution < -0.4 is 0 Å².